The Kier molecular flexibility index (Phi) is 8.24. The van der Waals surface area contributed by atoms with Crippen LogP contribution in [0.2, 0.25) is 0 Å². The van der Waals surface area contributed by atoms with Gasteiger partial charge in [-0.15, -0.1) is 0 Å². The summed E-state index contributed by atoms with van der Waals surface area (Å²) in [5.41, 5.74) is 4.18. The Balaban J connectivity index is 1.80. The molecule has 4 aromatic rings. The van der Waals surface area contributed by atoms with Crippen LogP contribution in [0.3, 0.4) is 0 Å². The minimum atomic E-state index is -4.12. The molecule has 0 atom stereocenters. The first kappa shape index (κ1) is 26.1. The molecule has 190 valence electrons. The molecule has 9 nitrogen and oxygen atoms in total. The van der Waals surface area contributed by atoms with Crippen LogP contribution in [0.15, 0.2) is 68.8 Å². The van der Waals surface area contributed by atoms with Crippen molar-refractivity contribution in [2.45, 2.75) is 24.1 Å². The molecule has 4 rings (SSSR count). The van der Waals surface area contributed by atoms with Crippen molar-refractivity contribution in [2.24, 2.45) is 0 Å². The average molecular weight is 576 g/mol. The van der Waals surface area contributed by atoms with Crippen molar-refractivity contribution in [3.05, 3.63) is 71.7 Å². The number of methoxy groups -OCH3 is 1. The van der Waals surface area contributed by atoms with E-state index in [-0.39, 0.29) is 24.1 Å². The maximum Gasteiger partial charge on any atom is 0.269 e. The average Bonchev–Trinajstić information content (AvgIpc) is 3.54. The summed E-state index contributed by atoms with van der Waals surface area (Å²) < 4.78 is 50.8. The molecule has 0 aliphatic heterocycles. The van der Waals surface area contributed by atoms with E-state index in [0.717, 1.165) is 21.0 Å². The Morgan fingerprint density at radius 3 is 2.56 bits per heavy atom. The molecule has 0 amide bonds. The van der Waals surface area contributed by atoms with Crippen LogP contribution in [0.25, 0.3) is 22.6 Å². The molecule has 0 N–H and O–H groups in total. The zero-order valence-corrected chi connectivity index (χ0v) is 22.5. The van der Waals surface area contributed by atoms with Crippen LogP contribution in [-0.2, 0) is 24.8 Å². The second kappa shape index (κ2) is 11.4. The van der Waals surface area contributed by atoms with Crippen molar-refractivity contribution in [3.63, 3.8) is 0 Å². The number of hydrogen-bond acceptors (Lipinski definition) is 8. The van der Waals surface area contributed by atoms with E-state index >= 15 is 0 Å². The third-order valence-corrected chi connectivity index (χ3v) is 8.04. The van der Waals surface area contributed by atoms with Gasteiger partial charge in [0.15, 0.2) is 0 Å². The maximum atomic E-state index is 14.1. The van der Waals surface area contributed by atoms with Gasteiger partial charge >= 0.3 is 0 Å². The molecule has 0 bridgehead atoms. The molecule has 0 aliphatic rings. The van der Waals surface area contributed by atoms with E-state index in [9.17, 15) is 8.42 Å². The van der Waals surface area contributed by atoms with E-state index in [2.05, 4.69) is 26.1 Å². The summed E-state index contributed by atoms with van der Waals surface area (Å²) in [6, 6.07) is 12.5. The normalized spacial score (nSPS) is 11.7. The number of aromatic nitrogens is 2. The second-order valence-corrected chi connectivity index (χ2v) is 10.3. The van der Waals surface area contributed by atoms with E-state index in [1.807, 2.05) is 18.2 Å². The smallest absolute Gasteiger partial charge is 0.269 e. The largest absolute Gasteiger partial charge is 0.445 e. The van der Waals surface area contributed by atoms with E-state index in [1.54, 1.807) is 51.4 Å². The van der Waals surface area contributed by atoms with Crippen LogP contribution in [0, 0.1) is 13.8 Å². The lowest BCUT2D eigenvalue weighted by Crippen LogP contribution is -2.34. The highest BCUT2D eigenvalue weighted by Crippen LogP contribution is 2.37. The standard InChI is InChI=1S/C25H26BrN3O6S/c1-17-18(2)28-35-25(17)29(16-33-13-12-32-3)36(30,31)23-7-5-4-6-22(23)21-9-8-19(14-20(21)15-26)24-27-10-11-34-24/h4-11,14H,12-13,15-16H2,1-3H3. The quantitative estimate of drug-likeness (QED) is 0.134. The number of sulfonamides is 1. The minimum absolute atomic E-state index is 0.111. The zero-order chi connectivity index (χ0) is 25.7. The molecule has 2 aromatic carbocycles. The number of oxazole rings is 1. The first-order valence-electron chi connectivity index (χ1n) is 11.1. The van der Waals surface area contributed by atoms with Gasteiger partial charge in [-0.1, -0.05) is 45.4 Å². The van der Waals surface area contributed by atoms with Crippen LogP contribution in [0.1, 0.15) is 16.8 Å². The van der Waals surface area contributed by atoms with Crippen molar-refractivity contribution in [1.29, 1.82) is 0 Å². The van der Waals surface area contributed by atoms with Crippen LogP contribution in [-0.4, -0.2) is 45.6 Å². The van der Waals surface area contributed by atoms with Gasteiger partial charge in [-0.25, -0.2) is 17.7 Å². The number of halogens is 1. The van der Waals surface area contributed by atoms with E-state index in [0.29, 0.717) is 34.6 Å². The van der Waals surface area contributed by atoms with Crippen LogP contribution < -0.4 is 4.31 Å². The van der Waals surface area contributed by atoms with Gasteiger partial charge in [0.05, 0.1) is 30.0 Å². The van der Waals surface area contributed by atoms with Crippen molar-refractivity contribution >= 4 is 31.8 Å². The third-order valence-electron chi connectivity index (χ3n) is 5.67. The molecule has 0 unspecified atom stereocenters. The molecule has 0 aliphatic carbocycles. The van der Waals surface area contributed by atoms with E-state index < -0.39 is 10.0 Å². The summed E-state index contributed by atoms with van der Waals surface area (Å²) in [5.74, 6) is 0.597. The first-order valence-corrected chi connectivity index (χ1v) is 13.6. The number of nitrogens with zero attached hydrogens (tertiary/aromatic N) is 3. The maximum absolute atomic E-state index is 14.1. The van der Waals surface area contributed by atoms with Crippen LogP contribution in [0.4, 0.5) is 5.88 Å². The lowest BCUT2D eigenvalue weighted by Gasteiger charge is -2.24. The van der Waals surface area contributed by atoms with Gasteiger partial charge in [-0.3, -0.25) is 0 Å². The highest BCUT2D eigenvalue weighted by Gasteiger charge is 2.32. The van der Waals surface area contributed by atoms with E-state index in [4.69, 9.17) is 18.4 Å². The molecule has 2 aromatic heterocycles. The van der Waals surface area contributed by atoms with Gasteiger partial charge < -0.3 is 18.4 Å². The topological polar surface area (TPSA) is 108 Å². The second-order valence-electron chi connectivity index (χ2n) is 7.92. The Morgan fingerprint density at radius 1 is 1.08 bits per heavy atom. The Hall–Kier alpha value is -2.99. The molecule has 0 radical (unpaired) electrons. The van der Waals surface area contributed by atoms with E-state index in [1.165, 1.54) is 6.26 Å². The molecule has 0 saturated heterocycles. The molecule has 0 saturated carbocycles. The van der Waals surface area contributed by atoms with Gasteiger partial charge in [0.2, 0.25) is 11.8 Å². The number of benzene rings is 2. The number of aryl methyl sites for hydroxylation is 1. The molecule has 36 heavy (non-hydrogen) atoms. The third kappa shape index (κ3) is 5.24. The van der Waals surface area contributed by atoms with Crippen molar-refractivity contribution in [2.75, 3.05) is 31.4 Å². The van der Waals surface area contributed by atoms with Gasteiger partial charge in [-0.2, -0.15) is 0 Å². The number of hydrogen-bond donors (Lipinski definition) is 0. The molecule has 2 heterocycles. The van der Waals surface area contributed by atoms with Gasteiger partial charge in [0, 0.05) is 29.1 Å². The van der Waals surface area contributed by atoms with Gasteiger partial charge in [0.25, 0.3) is 10.0 Å². The summed E-state index contributed by atoms with van der Waals surface area (Å²) >= 11 is 3.54. The predicted molar refractivity (Wildman–Crippen MR) is 138 cm³/mol. The summed E-state index contributed by atoms with van der Waals surface area (Å²) in [7, 11) is -2.57. The summed E-state index contributed by atoms with van der Waals surface area (Å²) in [5, 5.41) is 4.44. The molecule has 0 spiro atoms. The fourth-order valence-corrected chi connectivity index (χ4v) is 5.67. The summed E-state index contributed by atoms with van der Waals surface area (Å²) in [6.45, 7) is 3.79. The number of rotatable bonds is 11. The predicted octanol–water partition coefficient (Wildman–Crippen LogP) is 5.32. The monoisotopic (exact) mass is 575 g/mol. The molecule has 0 fully saturated rings. The van der Waals surface area contributed by atoms with Gasteiger partial charge in [-0.05, 0) is 43.2 Å². The Labute approximate surface area is 218 Å². The summed E-state index contributed by atoms with van der Waals surface area (Å²) in [6.07, 6.45) is 3.09. The fourth-order valence-electron chi connectivity index (χ4n) is 3.66. The Bertz CT molecular complexity index is 1420. The summed E-state index contributed by atoms with van der Waals surface area (Å²) in [4.78, 5) is 4.32. The van der Waals surface area contributed by atoms with Crippen molar-refractivity contribution in [1.82, 2.24) is 10.1 Å². The first-order chi connectivity index (χ1) is 17.4. The number of anilines is 1. The molecular weight excluding hydrogens is 550 g/mol. The van der Waals surface area contributed by atoms with Gasteiger partial charge in [0.1, 0.15) is 13.0 Å². The van der Waals surface area contributed by atoms with Crippen LogP contribution >= 0.6 is 15.9 Å². The number of alkyl halides is 1. The van der Waals surface area contributed by atoms with Crippen molar-refractivity contribution < 1.29 is 26.8 Å². The SMILES string of the molecule is COCCOCN(c1onc(C)c1C)S(=O)(=O)c1ccccc1-c1ccc(-c2ncco2)cc1CBr. The highest BCUT2D eigenvalue weighted by molar-refractivity contribution is 9.08. The number of ether oxygens (including phenoxy) is 2. The fraction of sp³-hybridized carbons (Fsp3) is 0.280. The van der Waals surface area contributed by atoms with Crippen molar-refractivity contribution in [3.8, 4) is 22.6 Å². The molecular formula is C25H26BrN3O6S. The zero-order valence-electron chi connectivity index (χ0n) is 20.1. The lowest BCUT2D eigenvalue weighted by atomic mass is 9.98. The van der Waals surface area contributed by atoms with Crippen LogP contribution in [0.5, 0.6) is 0 Å². The highest BCUT2D eigenvalue weighted by atomic mass is 79.9. The Morgan fingerprint density at radius 2 is 1.89 bits per heavy atom. The lowest BCUT2D eigenvalue weighted by molar-refractivity contribution is 0.0744. The molecule has 11 heteroatoms. The minimum Gasteiger partial charge on any atom is -0.445 e.